The number of rotatable bonds is 24. The van der Waals surface area contributed by atoms with Gasteiger partial charge in [0.25, 0.3) is 0 Å². The second-order valence-electron chi connectivity index (χ2n) is 15.6. The number of allylic oxidation sites excluding steroid dienone is 3. The highest BCUT2D eigenvalue weighted by molar-refractivity contribution is 6.44. The van der Waals surface area contributed by atoms with Gasteiger partial charge in [-0.05, 0) is 48.4 Å². The van der Waals surface area contributed by atoms with E-state index in [-0.39, 0.29) is 63.4 Å². The van der Waals surface area contributed by atoms with Gasteiger partial charge >= 0.3 is 47.8 Å². The van der Waals surface area contributed by atoms with Gasteiger partial charge in [-0.2, -0.15) is 0 Å². The maximum absolute atomic E-state index is 13.2. The van der Waals surface area contributed by atoms with Crippen molar-refractivity contribution in [2.75, 3.05) is 76.4 Å². The summed E-state index contributed by atoms with van der Waals surface area (Å²) < 4.78 is 57.7. The number of nitrogens with zero attached hydrogens (tertiary/aromatic N) is 2. The molecule has 73 heavy (non-hydrogen) atoms. The molecule has 2 atom stereocenters. The number of benzene rings is 3. The van der Waals surface area contributed by atoms with Gasteiger partial charge in [-0.3, -0.25) is 43.2 Å². The fourth-order valence-corrected chi connectivity index (χ4v) is 7.31. The van der Waals surface area contributed by atoms with Crippen molar-refractivity contribution in [1.29, 1.82) is 0 Å². The topological polar surface area (TPSA) is 282 Å². The Morgan fingerprint density at radius 2 is 1.04 bits per heavy atom. The van der Waals surface area contributed by atoms with E-state index >= 15 is 0 Å². The number of aromatic hydroxyl groups is 1. The fourth-order valence-electron chi connectivity index (χ4n) is 6.94. The summed E-state index contributed by atoms with van der Waals surface area (Å²) in [5, 5.41) is 10.4. The van der Waals surface area contributed by atoms with Gasteiger partial charge in [0.2, 0.25) is 27.2 Å². The maximum atomic E-state index is 13.2. The molecule has 0 aromatic heterocycles. The summed E-state index contributed by atoms with van der Waals surface area (Å²) in [5.41, 5.74) is 1.88. The molecule has 1 aliphatic heterocycles. The molecule has 0 amide bonds. The number of hydrogen-bond acceptors (Lipinski definition) is 23. The molecule has 2 unspecified atom stereocenters. The lowest BCUT2D eigenvalue weighted by Gasteiger charge is -2.36. The fraction of sp³-hybridized carbons (Fsp3) is 0.354. The Morgan fingerprint density at radius 1 is 0.603 bits per heavy atom. The van der Waals surface area contributed by atoms with Crippen molar-refractivity contribution >= 4 is 88.1 Å². The molecule has 3 aromatic rings. The van der Waals surface area contributed by atoms with Gasteiger partial charge in [0, 0.05) is 57.2 Å². The van der Waals surface area contributed by atoms with Gasteiger partial charge in [0.1, 0.15) is 68.2 Å². The molecule has 5 rings (SSSR count). The molecule has 1 heterocycles. The minimum absolute atomic E-state index is 0.00391. The second kappa shape index (κ2) is 26.4. The summed E-state index contributed by atoms with van der Waals surface area (Å²) >= 11 is 12.8. The minimum atomic E-state index is -0.969. The van der Waals surface area contributed by atoms with Crippen LogP contribution in [0.5, 0.6) is 23.0 Å². The average Bonchev–Trinajstić information content (AvgIpc) is 3.30. The van der Waals surface area contributed by atoms with E-state index in [1.54, 1.807) is 37.3 Å². The summed E-state index contributed by atoms with van der Waals surface area (Å²) in [6.45, 7) is 0.171. The lowest BCUT2D eigenvalue weighted by Crippen LogP contribution is -2.37. The number of phenolic OH excluding ortho intramolecular Hbond substituents is 1. The van der Waals surface area contributed by atoms with E-state index < -0.39 is 119 Å². The average molecular weight is 1060 g/mol. The largest absolute Gasteiger partial charge is 0.506 e. The van der Waals surface area contributed by atoms with Crippen molar-refractivity contribution in [2.24, 2.45) is 5.92 Å². The first-order valence-electron chi connectivity index (χ1n) is 21.7. The lowest BCUT2D eigenvalue weighted by atomic mass is 9.75. The number of halogens is 2. The van der Waals surface area contributed by atoms with E-state index in [0.717, 1.165) is 27.7 Å². The van der Waals surface area contributed by atoms with Gasteiger partial charge in [0.15, 0.2) is 5.78 Å². The van der Waals surface area contributed by atoms with Gasteiger partial charge in [-0.1, -0.05) is 41.4 Å². The smallest absolute Gasteiger partial charge is 0.328 e. The van der Waals surface area contributed by atoms with Crippen molar-refractivity contribution < 1.29 is 100 Å². The molecule has 25 heteroatoms. The molecule has 0 saturated carbocycles. The van der Waals surface area contributed by atoms with Crippen molar-refractivity contribution in [3.63, 3.8) is 0 Å². The van der Waals surface area contributed by atoms with E-state index in [1.807, 2.05) is 0 Å². The Balaban J connectivity index is 1.53. The van der Waals surface area contributed by atoms with Crippen LogP contribution in [0.4, 0.5) is 11.4 Å². The normalized spacial score (nSPS) is 14.2. The molecule has 2 aliphatic rings. The van der Waals surface area contributed by atoms with E-state index in [4.69, 9.17) is 75.3 Å². The van der Waals surface area contributed by atoms with Gasteiger partial charge in [-0.25, -0.2) is 0 Å². The van der Waals surface area contributed by atoms with Gasteiger partial charge < -0.3 is 67.0 Å². The molecule has 0 fully saturated rings. The van der Waals surface area contributed by atoms with E-state index in [1.165, 1.54) is 40.2 Å². The van der Waals surface area contributed by atoms with Crippen LogP contribution in [0.3, 0.4) is 0 Å². The number of fused-ring (bicyclic) bond motifs is 2. The van der Waals surface area contributed by atoms with Crippen molar-refractivity contribution in [2.45, 2.75) is 40.5 Å². The number of hydrogen-bond donors (Lipinski definition) is 1. The zero-order valence-electron chi connectivity index (χ0n) is 39.8. The number of ketones is 1. The zero-order valence-corrected chi connectivity index (χ0v) is 41.3. The minimum Gasteiger partial charge on any atom is -0.506 e. The highest BCUT2D eigenvalue weighted by Gasteiger charge is 2.39. The van der Waals surface area contributed by atoms with E-state index in [0.29, 0.717) is 16.7 Å². The van der Waals surface area contributed by atoms with Crippen LogP contribution in [0.1, 0.15) is 50.3 Å². The number of anilines is 2. The molecule has 1 aliphatic carbocycles. The number of aryl methyl sites for hydroxylation is 1. The molecule has 0 bridgehead atoms. The number of phenols is 1. The predicted octanol–water partition coefficient (Wildman–Crippen LogP) is 4.41. The molecular formula is C48H48Cl2N2O21. The summed E-state index contributed by atoms with van der Waals surface area (Å²) in [6, 6.07) is 12.3. The summed E-state index contributed by atoms with van der Waals surface area (Å²) in [6.07, 6.45) is 2.73. The Morgan fingerprint density at radius 3 is 1.49 bits per heavy atom. The first kappa shape index (κ1) is 55.9. The molecular weight excluding hydrogens is 1010 g/mol. The van der Waals surface area contributed by atoms with Crippen LogP contribution in [0, 0.1) is 12.8 Å². The third-order valence-corrected chi connectivity index (χ3v) is 10.7. The Bertz CT molecular complexity index is 2620. The van der Waals surface area contributed by atoms with Crippen LogP contribution in [0.25, 0.3) is 0 Å². The van der Waals surface area contributed by atoms with Crippen LogP contribution < -0.4 is 24.0 Å². The monoisotopic (exact) mass is 1060 g/mol. The second-order valence-corrected chi connectivity index (χ2v) is 16.4. The molecule has 0 spiro atoms. The quantitative estimate of drug-likeness (QED) is 0.0563. The van der Waals surface area contributed by atoms with Crippen molar-refractivity contribution in [1.82, 2.24) is 0 Å². The maximum Gasteiger partial charge on any atom is 0.328 e. The first-order chi connectivity index (χ1) is 34.7. The molecule has 0 saturated heterocycles. The lowest BCUT2D eigenvalue weighted by molar-refractivity contribution is -0.167. The van der Waals surface area contributed by atoms with Crippen molar-refractivity contribution in [3.8, 4) is 23.0 Å². The molecule has 0 radical (unpaired) electrons. The number of carbonyl (C=O) groups excluding carboxylic acids is 9. The summed E-state index contributed by atoms with van der Waals surface area (Å²) in [5.74, 6) is -8.47. The predicted molar refractivity (Wildman–Crippen MR) is 250 cm³/mol. The standard InChI is InChI=1S/C48H48Cl2N2O21/c1-26-6-8-36(51(18-44(59)69-22-65-27(2)53)19-45(60)70-23-66-28(3)54)42(12-26)63-10-11-64-43-13-31(48-32-14-34(49)38(57)16-40(32)73-41-17-39(58)35(50)15-33(41)48)7-9-37(43)52(20-46(61)71-24-67-29(4)55)21-47(62)72-25-68-30(5)56/h6-9,12-17,32,48,58H,10-11,18-25H2,1-5H3. The molecule has 390 valence electrons. The number of ether oxygens (including phenoxy) is 11. The number of esters is 8. The Kier molecular flexibility index (Phi) is 20.2. The van der Waals surface area contributed by atoms with Gasteiger partial charge in [0.05, 0.1) is 21.4 Å². The Hall–Kier alpha value is -8.05. The SMILES string of the molecule is CC(=O)OCOC(=O)CN(CC(=O)OCOC(C)=O)c1ccc(C)cc1OCCOc1cc(C2c3cc(Cl)c(O)cc3OC3=CC(=O)C(Cl)=CC32)ccc1N(CC(=O)OCOC(C)=O)CC(=O)OCOC(C)=O. The highest BCUT2D eigenvalue weighted by atomic mass is 35.5. The van der Waals surface area contributed by atoms with Crippen LogP contribution in [-0.4, -0.2) is 125 Å². The van der Waals surface area contributed by atoms with E-state index in [2.05, 4.69) is 0 Å². The van der Waals surface area contributed by atoms with Crippen LogP contribution >= 0.6 is 23.2 Å². The Labute approximate surface area is 426 Å². The third kappa shape index (κ3) is 16.8. The number of carbonyl (C=O) groups is 9. The summed E-state index contributed by atoms with van der Waals surface area (Å²) in [4.78, 5) is 113. The van der Waals surface area contributed by atoms with Gasteiger partial charge in [-0.15, -0.1) is 0 Å². The van der Waals surface area contributed by atoms with Crippen LogP contribution in [0.2, 0.25) is 5.02 Å². The third-order valence-electron chi connectivity index (χ3n) is 10.1. The van der Waals surface area contributed by atoms with E-state index in [9.17, 15) is 48.3 Å². The molecule has 23 nitrogen and oxygen atoms in total. The highest BCUT2D eigenvalue weighted by Crippen LogP contribution is 2.51. The van der Waals surface area contributed by atoms with Crippen LogP contribution in [0.15, 0.2) is 71.5 Å². The first-order valence-corrected chi connectivity index (χ1v) is 22.4. The molecule has 3 aromatic carbocycles. The zero-order chi connectivity index (χ0) is 53.4. The summed E-state index contributed by atoms with van der Waals surface area (Å²) in [7, 11) is 0. The van der Waals surface area contributed by atoms with Crippen molar-refractivity contribution in [3.05, 3.63) is 93.2 Å². The molecule has 1 N–H and O–H groups in total. The van der Waals surface area contributed by atoms with Crippen LogP contribution in [-0.2, 0) is 81.0 Å².